The highest BCUT2D eigenvalue weighted by atomic mass is 16.3. The summed E-state index contributed by atoms with van der Waals surface area (Å²) in [4.78, 5) is 4.07. The molecular formula is C12H14N2O. The van der Waals surface area contributed by atoms with Gasteiger partial charge in [0.25, 0.3) is 0 Å². The summed E-state index contributed by atoms with van der Waals surface area (Å²) < 4.78 is 5.16. The summed E-state index contributed by atoms with van der Waals surface area (Å²) in [7, 11) is 0. The average Bonchev–Trinajstić information content (AvgIpc) is 2.74. The lowest BCUT2D eigenvalue weighted by atomic mass is 10.1. The summed E-state index contributed by atoms with van der Waals surface area (Å²) in [5.41, 5.74) is 7.72. The van der Waals surface area contributed by atoms with Gasteiger partial charge < -0.3 is 10.2 Å². The van der Waals surface area contributed by atoms with Crippen molar-refractivity contribution in [3.8, 4) is 0 Å². The third-order valence-corrected chi connectivity index (χ3v) is 2.32. The van der Waals surface area contributed by atoms with Crippen molar-refractivity contribution in [2.45, 2.75) is 19.3 Å². The normalized spacial score (nSPS) is 10.4. The fraction of sp³-hybridized carbons (Fsp3) is 0.250. The molecule has 3 nitrogen and oxygen atoms in total. The van der Waals surface area contributed by atoms with Gasteiger partial charge >= 0.3 is 0 Å². The van der Waals surface area contributed by atoms with Crippen LogP contribution in [0.15, 0.2) is 41.1 Å². The minimum atomic E-state index is 0.811. The van der Waals surface area contributed by atoms with Crippen LogP contribution in [-0.2, 0) is 12.8 Å². The summed E-state index contributed by atoms with van der Waals surface area (Å²) in [5.74, 6) is 0.811. The Bertz CT molecular complexity index is 392. The summed E-state index contributed by atoms with van der Waals surface area (Å²) in [6.45, 7) is 0. The van der Waals surface area contributed by atoms with Gasteiger partial charge in [0.1, 0.15) is 6.26 Å². The second kappa shape index (κ2) is 4.64. The monoisotopic (exact) mass is 202 g/mol. The molecule has 0 atom stereocenters. The number of oxazole rings is 1. The molecular weight excluding hydrogens is 188 g/mol. The van der Waals surface area contributed by atoms with Crippen molar-refractivity contribution in [3.63, 3.8) is 0 Å². The molecule has 15 heavy (non-hydrogen) atoms. The highest BCUT2D eigenvalue weighted by Crippen LogP contribution is 2.09. The first-order chi connectivity index (χ1) is 7.34. The number of hydrogen-bond donors (Lipinski definition) is 1. The number of rotatable bonds is 4. The molecule has 0 bridgehead atoms. The molecule has 0 radical (unpaired) electrons. The molecule has 1 aromatic heterocycles. The molecule has 0 saturated carbocycles. The Labute approximate surface area is 88.9 Å². The second-order valence-corrected chi connectivity index (χ2v) is 3.52. The number of nitrogen functional groups attached to an aromatic ring is 1. The minimum absolute atomic E-state index is 0.811. The van der Waals surface area contributed by atoms with Crippen molar-refractivity contribution in [2.75, 3.05) is 5.73 Å². The molecule has 0 aliphatic rings. The van der Waals surface area contributed by atoms with Gasteiger partial charge in [-0.1, -0.05) is 12.1 Å². The zero-order valence-electron chi connectivity index (χ0n) is 8.52. The Kier molecular flexibility index (Phi) is 3.02. The zero-order valence-corrected chi connectivity index (χ0v) is 8.52. The molecule has 0 saturated heterocycles. The van der Waals surface area contributed by atoms with E-state index < -0.39 is 0 Å². The first kappa shape index (κ1) is 9.77. The van der Waals surface area contributed by atoms with Crippen molar-refractivity contribution >= 4 is 5.69 Å². The Morgan fingerprint density at radius 3 is 2.60 bits per heavy atom. The molecule has 3 heteroatoms. The zero-order chi connectivity index (χ0) is 10.5. The smallest absolute Gasteiger partial charge is 0.193 e. The molecule has 0 amide bonds. The van der Waals surface area contributed by atoms with Gasteiger partial charge in [-0.3, -0.25) is 0 Å². The van der Waals surface area contributed by atoms with E-state index in [2.05, 4.69) is 17.1 Å². The van der Waals surface area contributed by atoms with E-state index in [0.717, 1.165) is 30.8 Å². The van der Waals surface area contributed by atoms with Crippen molar-refractivity contribution in [2.24, 2.45) is 0 Å². The molecule has 0 spiro atoms. The molecule has 2 N–H and O–H groups in total. The van der Waals surface area contributed by atoms with Gasteiger partial charge in [-0.05, 0) is 30.5 Å². The first-order valence-electron chi connectivity index (χ1n) is 5.07. The number of aromatic nitrogens is 1. The maximum atomic E-state index is 5.61. The van der Waals surface area contributed by atoms with E-state index in [1.165, 1.54) is 5.56 Å². The average molecular weight is 202 g/mol. The topological polar surface area (TPSA) is 52.0 Å². The van der Waals surface area contributed by atoms with Crippen molar-refractivity contribution in [3.05, 3.63) is 48.2 Å². The maximum Gasteiger partial charge on any atom is 0.193 e. The van der Waals surface area contributed by atoms with E-state index in [4.69, 9.17) is 10.2 Å². The quantitative estimate of drug-likeness (QED) is 0.775. The van der Waals surface area contributed by atoms with Crippen LogP contribution in [-0.4, -0.2) is 4.98 Å². The van der Waals surface area contributed by atoms with Crippen LogP contribution in [0.3, 0.4) is 0 Å². The molecule has 0 fully saturated rings. The van der Waals surface area contributed by atoms with Crippen LogP contribution in [0.5, 0.6) is 0 Å². The summed E-state index contributed by atoms with van der Waals surface area (Å²) in [6.07, 6.45) is 6.25. The van der Waals surface area contributed by atoms with Crippen LogP contribution in [0.1, 0.15) is 17.9 Å². The molecule has 1 aromatic carbocycles. The highest BCUT2D eigenvalue weighted by molar-refractivity contribution is 5.39. The Hall–Kier alpha value is -1.77. The SMILES string of the molecule is Nc1ccc(CCCc2ncco2)cc1. The van der Waals surface area contributed by atoms with Crippen LogP contribution in [0.4, 0.5) is 5.69 Å². The summed E-state index contributed by atoms with van der Waals surface area (Å²) in [5, 5.41) is 0. The fourth-order valence-corrected chi connectivity index (χ4v) is 1.50. The maximum absolute atomic E-state index is 5.61. The third-order valence-electron chi connectivity index (χ3n) is 2.32. The predicted octanol–water partition coefficient (Wildman–Crippen LogP) is 2.43. The molecule has 78 valence electrons. The van der Waals surface area contributed by atoms with Crippen LogP contribution in [0.2, 0.25) is 0 Å². The number of benzene rings is 1. The van der Waals surface area contributed by atoms with Gasteiger partial charge in [0.2, 0.25) is 0 Å². The Morgan fingerprint density at radius 1 is 1.13 bits per heavy atom. The first-order valence-corrected chi connectivity index (χ1v) is 5.07. The third kappa shape index (κ3) is 2.84. The fourth-order valence-electron chi connectivity index (χ4n) is 1.50. The van der Waals surface area contributed by atoms with Crippen molar-refractivity contribution < 1.29 is 4.42 Å². The van der Waals surface area contributed by atoms with Gasteiger partial charge in [0, 0.05) is 12.1 Å². The van der Waals surface area contributed by atoms with Gasteiger partial charge in [-0.25, -0.2) is 4.98 Å². The van der Waals surface area contributed by atoms with Gasteiger partial charge in [-0.2, -0.15) is 0 Å². The van der Waals surface area contributed by atoms with Crippen molar-refractivity contribution in [1.29, 1.82) is 0 Å². The van der Waals surface area contributed by atoms with Crippen LogP contribution in [0, 0.1) is 0 Å². The molecule has 0 aliphatic carbocycles. The van der Waals surface area contributed by atoms with Crippen molar-refractivity contribution in [1.82, 2.24) is 4.98 Å². The van der Waals surface area contributed by atoms with Gasteiger partial charge in [0.15, 0.2) is 5.89 Å². The van der Waals surface area contributed by atoms with E-state index in [9.17, 15) is 0 Å². The summed E-state index contributed by atoms with van der Waals surface area (Å²) >= 11 is 0. The lowest BCUT2D eigenvalue weighted by molar-refractivity contribution is 0.487. The number of nitrogens with two attached hydrogens (primary N) is 1. The van der Waals surface area contributed by atoms with Crippen LogP contribution < -0.4 is 5.73 Å². The number of hydrogen-bond acceptors (Lipinski definition) is 3. The molecule has 0 aliphatic heterocycles. The molecule has 2 aromatic rings. The number of anilines is 1. The standard InChI is InChI=1S/C12H14N2O/c13-11-6-4-10(5-7-11)2-1-3-12-14-8-9-15-12/h4-9H,1-3,13H2. The van der Waals surface area contributed by atoms with E-state index >= 15 is 0 Å². The van der Waals surface area contributed by atoms with E-state index in [0.29, 0.717) is 0 Å². The van der Waals surface area contributed by atoms with Gasteiger partial charge in [0.05, 0.1) is 6.20 Å². The van der Waals surface area contributed by atoms with Crippen LogP contribution >= 0.6 is 0 Å². The van der Waals surface area contributed by atoms with E-state index in [-0.39, 0.29) is 0 Å². The molecule has 0 unspecified atom stereocenters. The van der Waals surface area contributed by atoms with E-state index in [1.807, 2.05) is 12.1 Å². The predicted molar refractivity (Wildman–Crippen MR) is 59.4 cm³/mol. The number of nitrogens with zero attached hydrogens (tertiary/aromatic N) is 1. The lowest BCUT2D eigenvalue weighted by Crippen LogP contribution is -1.91. The van der Waals surface area contributed by atoms with Crippen LogP contribution in [0.25, 0.3) is 0 Å². The Balaban J connectivity index is 1.81. The van der Waals surface area contributed by atoms with Gasteiger partial charge in [-0.15, -0.1) is 0 Å². The summed E-state index contributed by atoms with van der Waals surface area (Å²) in [6, 6.07) is 7.98. The Morgan fingerprint density at radius 2 is 1.93 bits per heavy atom. The minimum Gasteiger partial charge on any atom is -0.449 e. The highest BCUT2D eigenvalue weighted by Gasteiger charge is 1.98. The molecule has 2 rings (SSSR count). The molecule has 1 heterocycles. The number of aryl methyl sites for hydroxylation is 2. The largest absolute Gasteiger partial charge is 0.449 e. The van der Waals surface area contributed by atoms with E-state index in [1.54, 1.807) is 12.5 Å². The second-order valence-electron chi connectivity index (χ2n) is 3.52. The lowest BCUT2D eigenvalue weighted by Gasteiger charge is -2.00.